The van der Waals surface area contributed by atoms with Gasteiger partial charge in [-0.05, 0) is 30.3 Å². The summed E-state index contributed by atoms with van der Waals surface area (Å²) in [5, 5.41) is 0. The Balaban J connectivity index is 1.96. The fraction of sp³-hybridized carbons (Fsp3) is 0.200. The summed E-state index contributed by atoms with van der Waals surface area (Å²) in [6, 6.07) is 11.4. The Bertz CT molecular complexity index is 557. The van der Waals surface area contributed by atoms with Gasteiger partial charge in [-0.1, -0.05) is 12.1 Å². The summed E-state index contributed by atoms with van der Waals surface area (Å²) in [7, 11) is 1.70. The van der Waals surface area contributed by atoms with Crippen LogP contribution >= 0.6 is 0 Å². The van der Waals surface area contributed by atoms with Gasteiger partial charge in [0.25, 0.3) is 5.91 Å². The Morgan fingerprint density at radius 1 is 1.26 bits per heavy atom. The predicted octanol–water partition coefficient (Wildman–Crippen LogP) is 2.54. The van der Waals surface area contributed by atoms with Crippen LogP contribution in [0.3, 0.4) is 0 Å². The first-order valence-electron chi connectivity index (χ1n) is 6.08. The molecule has 0 aliphatic rings. The van der Waals surface area contributed by atoms with Crippen LogP contribution in [0.15, 0.2) is 48.7 Å². The number of hydrogen-bond donors (Lipinski definition) is 0. The van der Waals surface area contributed by atoms with Gasteiger partial charge < -0.3 is 4.90 Å². The minimum Gasteiger partial charge on any atom is -0.341 e. The Morgan fingerprint density at radius 2 is 2.11 bits per heavy atom. The third kappa shape index (κ3) is 3.61. The summed E-state index contributed by atoms with van der Waals surface area (Å²) in [6.07, 6.45) is 2.40. The summed E-state index contributed by atoms with van der Waals surface area (Å²) in [5.41, 5.74) is 1.30. The van der Waals surface area contributed by atoms with E-state index in [9.17, 15) is 9.18 Å². The fourth-order valence-electron chi connectivity index (χ4n) is 1.77. The number of pyridine rings is 1. The van der Waals surface area contributed by atoms with Crippen molar-refractivity contribution in [2.24, 2.45) is 0 Å². The van der Waals surface area contributed by atoms with E-state index >= 15 is 0 Å². The zero-order chi connectivity index (χ0) is 13.7. The molecular weight excluding hydrogens is 243 g/mol. The van der Waals surface area contributed by atoms with Gasteiger partial charge in [-0.15, -0.1) is 0 Å². The van der Waals surface area contributed by atoms with Crippen molar-refractivity contribution in [3.05, 3.63) is 65.7 Å². The molecule has 0 saturated heterocycles. The molecule has 1 aromatic heterocycles. The number of halogens is 1. The van der Waals surface area contributed by atoms with Gasteiger partial charge in [0.1, 0.15) is 5.82 Å². The maximum Gasteiger partial charge on any atom is 0.253 e. The Hall–Kier alpha value is -2.23. The van der Waals surface area contributed by atoms with Crippen molar-refractivity contribution in [3.63, 3.8) is 0 Å². The predicted molar refractivity (Wildman–Crippen MR) is 71.3 cm³/mol. The lowest BCUT2D eigenvalue weighted by atomic mass is 10.2. The van der Waals surface area contributed by atoms with E-state index in [0.29, 0.717) is 18.5 Å². The molecule has 0 saturated carbocycles. The van der Waals surface area contributed by atoms with E-state index < -0.39 is 5.82 Å². The number of amides is 1. The lowest BCUT2D eigenvalue weighted by Crippen LogP contribution is -2.29. The first kappa shape index (κ1) is 13.2. The highest BCUT2D eigenvalue weighted by Gasteiger charge is 2.12. The lowest BCUT2D eigenvalue weighted by Gasteiger charge is -2.16. The molecule has 0 fully saturated rings. The molecule has 0 aliphatic heterocycles. The van der Waals surface area contributed by atoms with Crippen molar-refractivity contribution >= 4 is 5.91 Å². The Labute approximate surface area is 111 Å². The molecule has 0 bridgehead atoms. The van der Waals surface area contributed by atoms with Gasteiger partial charge in [0, 0.05) is 37.5 Å². The van der Waals surface area contributed by atoms with Gasteiger partial charge in [-0.3, -0.25) is 9.78 Å². The number of rotatable bonds is 4. The topological polar surface area (TPSA) is 33.2 Å². The molecule has 1 aromatic carbocycles. The molecule has 0 radical (unpaired) electrons. The summed E-state index contributed by atoms with van der Waals surface area (Å²) in [4.78, 5) is 17.8. The van der Waals surface area contributed by atoms with Crippen LogP contribution in [0.1, 0.15) is 16.1 Å². The quantitative estimate of drug-likeness (QED) is 0.844. The molecule has 3 nitrogen and oxygen atoms in total. The van der Waals surface area contributed by atoms with Gasteiger partial charge in [-0.25, -0.2) is 4.39 Å². The lowest BCUT2D eigenvalue weighted by molar-refractivity contribution is 0.0796. The fourth-order valence-corrected chi connectivity index (χ4v) is 1.77. The van der Waals surface area contributed by atoms with Crippen molar-refractivity contribution in [2.45, 2.75) is 6.42 Å². The third-order valence-corrected chi connectivity index (χ3v) is 2.85. The van der Waals surface area contributed by atoms with E-state index in [0.717, 1.165) is 5.69 Å². The maximum absolute atomic E-state index is 13.1. The van der Waals surface area contributed by atoms with Gasteiger partial charge in [-0.2, -0.15) is 0 Å². The van der Waals surface area contributed by atoms with E-state index in [1.165, 1.54) is 18.2 Å². The zero-order valence-electron chi connectivity index (χ0n) is 10.7. The van der Waals surface area contributed by atoms with E-state index in [-0.39, 0.29) is 5.91 Å². The van der Waals surface area contributed by atoms with Crippen LogP contribution < -0.4 is 0 Å². The van der Waals surface area contributed by atoms with Gasteiger partial charge in [0.2, 0.25) is 0 Å². The second-order valence-corrected chi connectivity index (χ2v) is 4.31. The van der Waals surface area contributed by atoms with E-state index in [2.05, 4.69) is 4.98 Å². The summed E-state index contributed by atoms with van der Waals surface area (Å²) >= 11 is 0. The molecule has 98 valence electrons. The molecule has 4 heteroatoms. The molecule has 1 heterocycles. The summed E-state index contributed by atoms with van der Waals surface area (Å²) < 4.78 is 13.1. The Morgan fingerprint density at radius 3 is 2.79 bits per heavy atom. The zero-order valence-corrected chi connectivity index (χ0v) is 10.7. The van der Waals surface area contributed by atoms with Crippen LogP contribution in [-0.2, 0) is 6.42 Å². The van der Waals surface area contributed by atoms with Crippen molar-refractivity contribution in [3.8, 4) is 0 Å². The number of nitrogens with zero attached hydrogens (tertiary/aromatic N) is 2. The van der Waals surface area contributed by atoms with Crippen LogP contribution in [0, 0.1) is 5.82 Å². The van der Waals surface area contributed by atoms with Gasteiger partial charge >= 0.3 is 0 Å². The third-order valence-electron chi connectivity index (χ3n) is 2.85. The highest BCUT2D eigenvalue weighted by molar-refractivity contribution is 5.94. The largest absolute Gasteiger partial charge is 0.341 e. The van der Waals surface area contributed by atoms with Crippen molar-refractivity contribution in [2.75, 3.05) is 13.6 Å². The van der Waals surface area contributed by atoms with Crippen LogP contribution in [0.4, 0.5) is 4.39 Å². The Kier molecular flexibility index (Phi) is 4.23. The molecule has 0 unspecified atom stereocenters. The molecule has 19 heavy (non-hydrogen) atoms. The second kappa shape index (κ2) is 6.09. The van der Waals surface area contributed by atoms with Gasteiger partial charge in [0.15, 0.2) is 0 Å². The van der Waals surface area contributed by atoms with Crippen LogP contribution in [0.2, 0.25) is 0 Å². The molecule has 2 aromatic rings. The molecule has 0 spiro atoms. The smallest absolute Gasteiger partial charge is 0.253 e. The average molecular weight is 258 g/mol. The minimum absolute atomic E-state index is 0.185. The average Bonchev–Trinajstić information content (AvgIpc) is 2.45. The van der Waals surface area contributed by atoms with E-state index in [1.54, 1.807) is 24.2 Å². The number of carbonyl (C=O) groups excluding carboxylic acids is 1. The van der Waals surface area contributed by atoms with Crippen molar-refractivity contribution in [1.82, 2.24) is 9.88 Å². The number of hydrogen-bond acceptors (Lipinski definition) is 2. The van der Waals surface area contributed by atoms with Crippen LogP contribution in [0.5, 0.6) is 0 Å². The summed E-state index contributed by atoms with van der Waals surface area (Å²) in [6.45, 7) is 0.548. The number of benzene rings is 1. The van der Waals surface area contributed by atoms with Gasteiger partial charge in [0.05, 0.1) is 0 Å². The molecule has 2 rings (SSSR count). The maximum atomic E-state index is 13.1. The minimum atomic E-state index is -0.399. The number of likely N-dealkylation sites (N-methyl/N-ethyl adjacent to an activating group) is 1. The molecule has 0 aliphatic carbocycles. The van der Waals surface area contributed by atoms with Crippen LogP contribution in [0.25, 0.3) is 0 Å². The second-order valence-electron chi connectivity index (χ2n) is 4.31. The first-order chi connectivity index (χ1) is 9.16. The number of carbonyl (C=O) groups is 1. The molecule has 1 amide bonds. The van der Waals surface area contributed by atoms with Crippen LogP contribution in [-0.4, -0.2) is 29.4 Å². The highest BCUT2D eigenvalue weighted by atomic mass is 19.1. The highest BCUT2D eigenvalue weighted by Crippen LogP contribution is 2.07. The summed E-state index contributed by atoms with van der Waals surface area (Å²) in [5.74, 6) is -0.584. The molecule has 0 atom stereocenters. The SMILES string of the molecule is CN(CCc1ccccn1)C(=O)c1cccc(F)c1. The first-order valence-corrected chi connectivity index (χ1v) is 6.08. The monoisotopic (exact) mass is 258 g/mol. The molecule has 0 N–H and O–H groups in total. The van der Waals surface area contributed by atoms with E-state index in [4.69, 9.17) is 0 Å². The molecular formula is C15H15FN2O. The van der Waals surface area contributed by atoms with E-state index in [1.807, 2.05) is 18.2 Å². The van der Waals surface area contributed by atoms with Crippen molar-refractivity contribution in [1.29, 1.82) is 0 Å². The van der Waals surface area contributed by atoms with Crippen molar-refractivity contribution < 1.29 is 9.18 Å². The standard InChI is InChI=1S/C15H15FN2O/c1-18(10-8-14-7-2-3-9-17-14)15(19)12-5-4-6-13(16)11-12/h2-7,9,11H,8,10H2,1H3. The normalized spacial score (nSPS) is 10.2. The number of aromatic nitrogens is 1.